The summed E-state index contributed by atoms with van der Waals surface area (Å²) in [7, 11) is 0. The largest absolute Gasteiger partial charge is 0.481 e. The number of carboxylic acid groups (broad SMARTS) is 1. The summed E-state index contributed by atoms with van der Waals surface area (Å²) in [5, 5.41) is 12.3. The summed E-state index contributed by atoms with van der Waals surface area (Å²) < 4.78 is 5.30. The Morgan fingerprint density at radius 2 is 1.88 bits per heavy atom. The van der Waals surface area contributed by atoms with Gasteiger partial charge >= 0.3 is 5.97 Å². The van der Waals surface area contributed by atoms with Gasteiger partial charge in [-0.05, 0) is 67.7 Å². The van der Waals surface area contributed by atoms with Crippen LogP contribution in [0, 0.1) is 11.8 Å². The summed E-state index contributed by atoms with van der Waals surface area (Å²) in [6.45, 7) is 1.39. The molecule has 1 aliphatic carbocycles. The molecule has 0 radical (unpaired) electrons. The Morgan fingerprint density at radius 1 is 1.17 bits per heavy atom. The normalized spacial score (nSPS) is 19.3. The summed E-state index contributed by atoms with van der Waals surface area (Å²) >= 11 is 0. The first-order valence-corrected chi connectivity index (χ1v) is 8.85. The second-order valence-electron chi connectivity index (χ2n) is 6.80. The molecule has 0 saturated carbocycles. The lowest BCUT2D eigenvalue weighted by molar-refractivity contribution is -0.144. The number of ether oxygens (including phenoxy) is 1. The van der Waals surface area contributed by atoms with Crippen LogP contribution < -0.4 is 5.32 Å². The molecule has 1 fully saturated rings. The van der Waals surface area contributed by atoms with E-state index in [0.717, 1.165) is 25.7 Å². The van der Waals surface area contributed by atoms with Gasteiger partial charge in [0.15, 0.2) is 0 Å². The molecule has 1 unspecified atom stereocenters. The van der Waals surface area contributed by atoms with Crippen molar-refractivity contribution in [3.63, 3.8) is 0 Å². The van der Waals surface area contributed by atoms with Crippen LogP contribution in [0.5, 0.6) is 0 Å². The highest BCUT2D eigenvalue weighted by Gasteiger charge is 2.30. The number of nitrogens with one attached hydrogen (secondary N) is 1. The first-order valence-electron chi connectivity index (χ1n) is 8.85. The smallest absolute Gasteiger partial charge is 0.308 e. The molecule has 1 aromatic carbocycles. The van der Waals surface area contributed by atoms with E-state index in [4.69, 9.17) is 4.74 Å². The zero-order chi connectivity index (χ0) is 16.9. The van der Waals surface area contributed by atoms with Gasteiger partial charge in [-0.2, -0.15) is 0 Å². The fourth-order valence-electron chi connectivity index (χ4n) is 3.75. The molecule has 0 spiro atoms. The summed E-state index contributed by atoms with van der Waals surface area (Å²) in [6.07, 6.45) is 5.97. The van der Waals surface area contributed by atoms with Crippen molar-refractivity contribution in [3.8, 4) is 0 Å². The molecule has 5 heteroatoms. The van der Waals surface area contributed by atoms with Crippen LogP contribution in [0.2, 0.25) is 0 Å². The fourth-order valence-corrected chi connectivity index (χ4v) is 3.75. The third-order valence-electron chi connectivity index (χ3n) is 5.25. The van der Waals surface area contributed by atoms with Crippen LogP contribution in [0.4, 0.5) is 0 Å². The molecule has 130 valence electrons. The SMILES string of the molecule is O=C(NCC(C(=O)O)C1CCOCC1)c1ccc2c(c1)CCCC2. The number of carboxylic acids is 1. The molecular formula is C19H25NO4. The number of hydrogen-bond acceptors (Lipinski definition) is 3. The summed E-state index contributed by atoms with van der Waals surface area (Å²) in [6, 6.07) is 5.86. The van der Waals surface area contributed by atoms with Crippen molar-refractivity contribution < 1.29 is 19.4 Å². The maximum absolute atomic E-state index is 12.4. The molecule has 5 nitrogen and oxygen atoms in total. The Bertz CT molecular complexity index is 607. The van der Waals surface area contributed by atoms with Gasteiger partial charge < -0.3 is 15.2 Å². The van der Waals surface area contributed by atoms with Gasteiger partial charge in [0.05, 0.1) is 5.92 Å². The molecule has 1 aromatic rings. The molecule has 3 rings (SSSR count). The minimum atomic E-state index is -0.840. The zero-order valence-electron chi connectivity index (χ0n) is 13.9. The summed E-state index contributed by atoms with van der Waals surface area (Å²) in [5.41, 5.74) is 3.23. The van der Waals surface area contributed by atoms with Crippen molar-refractivity contribution in [2.75, 3.05) is 19.8 Å². The van der Waals surface area contributed by atoms with Gasteiger partial charge in [-0.15, -0.1) is 0 Å². The van der Waals surface area contributed by atoms with Crippen LogP contribution in [0.3, 0.4) is 0 Å². The third-order valence-corrected chi connectivity index (χ3v) is 5.25. The minimum Gasteiger partial charge on any atom is -0.481 e. The van der Waals surface area contributed by atoms with E-state index >= 15 is 0 Å². The number of fused-ring (bicyclic) bond motifs is 1. The highest BCUT2D eigenvalue weighted by molar-refractivity contribution is 5.94. The molecule has 2 N–H and O–H groups in total. The number of amides is 1. The zero-order valence-corrected chi connectivity index (χ0v) is 13.9. The lowest BCUT2D eigenvalue weighted by atomic mass is 9.86. The number of benzene rings is 1. The van der Waals surface area contributed by atoms with Crippen molar-refractivity contribution in [2.24, 2.45) is 11.8 Å². The van der Waals surface area contributed by atoms with Gasteiger partial charge in [0.25, 0.3) is 5.91 Å². The number of aliphatic carboxylic acids is 1. The number of aryl methyl sites for hydroxylation is 2. The maximum Gasteiger partial charge on any atom is 0.308 e. The number of carbonyl (C=O) groups is 2. The van der Waals surface area contributed by atoms with Crippen LogP contribution in [0.1, 0.15) is 47.2 Å². The summed E-state index contributed by atoms with van der Waals surface area (Å²) in [4.78, 5) is 24.0. The van der Waals surface area contributed by atoms with Crippen molar-refractivity contribution in [1.82, 2.24) is 5.32 Å². The molecule has 0 bridgehead atoms. The predicted octanol–water partition coefficient (Wildman–Crippen LogP) is 2.42. The van der Waals surface area contributed by atoms with Gasteiger partial charge in [0, 0.05) is 25.3 Å². The van der Waals surface area contributed by atoms with E-state index in [9.17, 15) is 14.7 Å². The van der Waals surface area contributed by atoms with E-state index in [0.29, 0.717) is 18.8 Å². The van der Waals surface area contributed by atoms with E-state index in [-0.39, 0.29) is 18.4 Å². The van der Waals surface area contributed by atoms with Crippen LogP contribution in [-0.2, 0) is 22.4 Å². The van der Waals surface area contributed by atoms with E-state index < -0.39 is 11.9 Å². The number of carbonyl (C=O) groups excluding carboxylic acids is 1. The van der Waals surface area contributed by atoms with Crippen LogP contribution in [0.25, 0.3) is 0 Å². The molecule has 24 heavy (non-hydrogen) atoms. The van der Waals surface area contributed by atoms with Crippen molar-refractivity contribution >= 4 is 11.9 Å². The molecule has 2 aliphatic rings. The van der Waals surface area contributed by atoms with Gasteiger partial charge in [0.1, 0.15) is 0 Å². The van der Waals surface area contributed by atoms with E-state index in [1.165, 1.54) is 24.0 Å². The van der Waals surface area contributed by atoms with E-state index in [1.54, 1.807) is 0 Å². The molecule has 0 aromatic heterocycles. The maximum atomic E-state index is 12.4. The Kier molecular flexibility index (Phi) is 5.51. The van der Waals surface area contributed by atoms with Crippen LogP contribution in [-0.4, -0.2) is 36.7 Å². The third kappa shape index (κ3) is 3.96. The number of hydrogen-bond donors (Lipinski definition) is 2. The Balaban J connectivity index is 1.62. The Hall–Kier alpha value is -1.88. The minimum absolute atomic E-state index is 0.0695. The van der Waals surface area contributed by atoms with E-state index in [2.05, 4.69) is 5.32 Å². The first-order chi connectivity index (χ1) is 11.6. The van der Waals surface area contributed by atoms with Gasteiger partial charge in [-0.1, -0.05) is 6.07 Å². The second-order valence-corrected chi connectivity index (χ2v) is 6.80. The van der Waals surface area contributed by atoms with Gasteiger partial charge in [0.2, 0.25) is 0 Å². The molecule has 1 heterocycles. The van der Waals surface area contributed by atoms with Crippen molar-refractivity contribution in [3.05, 3.63) is 34.9 Å². The molecule has 1 atom stereocenters. The van der Waals surface area contributed by atoms with Crippen LogP contribution >= 0.6 is 0 Å². The number of rotatable bonds is 5. The van der Waals surface area contributed by atoms with Crippen LogP contribution in [0.15, 0.2) is 18.2 Å². The highest BCUT2D eigenvalue weighted by Crippen LogP contribution is 2.24. The quantitative estimate of drug-likeness (QED) is 0.869. The molecule has 1 saturated heterocycles. The predicted molar refractivity (Wildman–Crippen MR) is 90.1 cm³/mol. The average Bonchev–Trinajstić information content (AvgIpc) is 2.62. The molecule has 1 amide bonds. The lowest BCUT2D eigenvalue weighted by Gasteiger charge is -2.27. The lowest BCUT2D eigenvalue weighted by Crippen LogP contribution is -2.39. The topological polar surface area (TPSA) is 75.6 Å². The first kappa shape index (κ1) is 17.0. The monoisotopic (exact) mass is 331 g/mol. The standard InChI is InChI=1S/C19H25NO4/c21-18(16-6-5-13-3-1-2-4-15(13)11-16)20-12-17(19(22)23)14-7-9-24-10-8-14/h5-6,11,14,17H,1-4,7-10,12H2,(H,20,21)(H,22,23). The van der Waals surface area contributed by atoms with Gasteiger partial charge in [-0.3, -0.25) is 9.59 Å². The molecular weight excluding hydrogens is 306 g/mol. The van der Waals surface area contributed by atoms with Crippen molar-refractivity contribution in [1.29, 1.82) is 0 Å². The van der Waals surface area contributed by atoms with Crippen molar-refractivity contribution in [2.45, 2.75) is 38.5 Å². The fraction of sp³-hybridized carbons (Fsp3) is 0.579. The summed E-state index contributed by atoms with van der Waals surface area (Å²) in [5.74, 6) is -1.50. The Morgan fingerprint density at radius 3 is 2.58 bits per heavy atom. The second kappa shape index (κ2) is 7.79. The van der Waals surface area contributed by atoms with Gasteiger partial charge in [-0.25, -0.2) is 0 Å². The average molecular weight is 331 g/mol. The highest BCUT2D eigenvalue weighted by atomic mass is 16.5. The van der Waals surface area contributed by atoms with E-state index in [1.807, 2.05) is 18.2 Å². The Labute approximate surface area is 142 Å². The molecule has 1 aliphatic heterocycles.